The van der Waals surface area contributed by atoms with E-state index in [1.54, 1.807) is 0 Å². The number of unbranched alkanes of at least 4 members (excludes halogenated alkanes) is 1. The lowest BCUT2D eigenvalue weighted by molar-refractivity contribution is -0.131. The molecule has 0 radical (unpaired) electrons. The molecule has 2 nitrogen and oxygen atoms in total. The van der Waals surface area contributed by atoms with Crippen LogP contribution < -0.4 is 0 Å². The van der Waals surface area contributed by atoms with Crippen LogP contribution in [0.3, 0.4) is 0 Å². The fraction of sp³-hybridized carbons (Fsp3) is 0.611. The van der Waals surface area contributed by atoms with Crippen LogP contribution in [0.1, 0.15) is 44.6 Å². The number of hydrogen-bond donors (Lipinski definition) is 0. The number of nitrogens with zero attached hydrogens (tertiary/aromatic N) is 1. The molecular weight excluding hydrogens is 310 g/mol. The monoisotopic (exact) mass is 337 g/mol. The first kappa shape index (κ1) is 17.7. The van der Waals surface area contributed by atoms with Crippen molar-refractivity contribution in [1.29, 1.82) is 0 Å². The molecule has 0 aliphatic carbocycles. The summed E-state index contributed by atoms with van der Waals surface area (Å²) >= 11 is 0. The minimum atomic E-state index is 0.326. The lowest BCUT2D eigenvalue weighted by atomic mass is 10.1. The number of carbonyl (C=O) groups is 1. The van der Waals surface area contributed by atoms with Crippen molar-refractivity contribution in [1.82, 2.24) is 4.90 Å². The van der Waals surface area contributed by atoms with E-state index in [2.05, 4.69) is 31.2 Å². The van der Waals surface area contributed by atoms with Crippen molar-refractivity contribution < 1.29 is 4.79 Å². The Kier molecular flexibility index (Phi) is 8.24. The zero-order valence-corrected chi connectivity index (χ0v) is 15.1. The van der Waals surface area contributed by atoms with Crippen LogP contribution in [0.15, 0.2) is 30.3 Å². The Morgan fingerprint density at radius 1 is 1.27 bits per heavy atom. The van der Waals surface area contributed by atoms with Gasteiger partial charge in [0.1, 0.15) is 0 Å². The van der Waals surface area contributed by atoms with Crippen molar-refractivity contribution in [2.24, 2.45) is 0 Å². The zero-order chi connectivity index (χ0) is 15.6. The van der Waals surface area contributed by atoms with E-state index < -0.39 is 0 Å². The standard InChI is InChI=1S/C18H27NOS2/c1-2-19(14-12-16-8-4-3-5-9-16)18(20)11-7-6-10-17-13-15-21-22-17/h3-5,8-9,17H,2,6-7,10-15H2,1H3. The van der Waals surface area contributed by atoms with Gasteiger partial charge in [0.2, 0.25) is 5.91 Å². The summed E-state index contributed by atoms with van der Waals surface area (Å²) in [6.07, 6.45) is 6.54. The quantitative estimate of drug-likeness (QED) is 0.477. The summed E-state index contributed by atoms with van der Waals surface area (Å²) in [6.45, 7) is 3.74. The lowest BCUT2D eigenvalue weighted by Gasteiger charge is -2.21. The van der Waals surface area contributed by atoms with E-state index in [-0.39, 0.29) is 0 Å². The third kappa shape index (κ3) is 6.25. The average molecular weight is 338 g/mol. The summed E-state index contributed by atoms with van der Waals surface area (Å²) in [5, 5.41) is 0.834. The van der Waals surface area contributed by atoms with Crippen LogP contribution in [0.2, 0.25) is 0 Å². The Bertz CT molecular complexity index is 432. The predicted octanol–water partition coefficient (Wildman–Crippen LogP) is 4.79. The molecule has 1 amide bonds. The summed E-state index contributed by atoms with van der Waals surface area (Å²) in [5.74, 6) is 1.63. The maximum absolute atomic E-state index is 12.3. The van der Waals surface area contributed by atoms with Gasteiger partial charge in [0.25, 0.3) is 0 Å². The van der Waals surface area contributed by atoms with Gasteiger partial charge in [0.05, 0.1) is 0 Å². The summed E-state index contributed by atoms with van der Waals surface area (Å²) in [7, 11) is 4.04. The van der Waals surface area contributed by atoms with E-state index in [9.17, 15) is 4.79 Å². The molecule has 1 fully saturated rings. The number of benzene rings is 1. The van der Waals surface area contributed by atoms with Crippen LogP contribution in [0.4, 0.5) is 0 Å². The molecule has 0 aromatic heterocycles. The van der Waals surface area contributed by atoms with Gasteiger partial charge in [-0.15, -0.1) is 0 Å². The minimum absolute atomic E-state index is 0.326. The van der Waals surface area contributed by atoms with E-state index in [4.69, 9.17) is 0 Å². The molecule has 1 aliphatic heterocycles. The van der Waals surface area contributed by atoms with E-state index in [0.29, 0.717) is 12.3 Å². The Morgan fingerprint density at radius 3 is 2.77 bits per heavy atom. The smallest absolute Gasteiger partial charge is 0.222 e. The zero-order valence-electron chi connectivity index (χ0n) is 13.5. The SMILES string of the molecule is CCN(CCc1ccccc1)C(=O)CCCCC1CCSS1. The molecule has 1 aliphatic rings. The van der Waals surface area contributed by atoms with Gasteiger partial charge in [-0.05, 0) is 38.2 Å². The summed E-state index contributed by atoms with van der Waals surface area (Å²) < 4.78 is 0. The van der Waals surface area contributed by atoms with Gasteiger partial charge in [-0.1, -0.05) is 58.3 Å². The van der Waals surface area contributed by atoms with Crippen LogP contribution in [0, 0.1) is 0 Å². The Labute approximate surface area is 142 Å². The lowest BCUT2D eigenvalue weighted by Crippen LogP contribution is -2.32. The van der Waals surface area contributed by atoms with E-state index in [1.807, 2.05) is 32.6 Å². The first-order valence-corrected chi connectivity index (χ1v) is 10.8. The molecule has 0 N–H and O–H groups in total. The third-order valence-electron chi connectivity index (χ3n) is 4.14. The number of hydrogen-bond acceptors (Lipinski definition) is 3. The van der Waals surface area contributed by atoms with Gasteiger partial charge in [-0.25, -0.2) is 0 Å². The topological polar surface area (TPSA) is 20.3 Å². The second-order valence-electron chi connectivity index (χ2n) is 5.78. The van der Waals surface area contributed by atoms with Crippen molar-refractivity contribution in [2.45, 2.75) is 50.7 Å². The van der Waals surface area contributed by atoms with Crippen LogP contribution in [0.5, 0.6) is 0 Å². The highest BCUT2D eigenvalue weighted by Gasteiger charge is 2.16. The molecule has 0 bridgehead atoms. The Hall–Kier alpha value is -0.610. The first-order chi connectivity index (χ1) is 10.8. The molecular formula is C18H27NOS2. The second-order valence-corrected chi connectivity index (χ2v) is 8.57. The van der Waals surface area contributed by atoms with Crippen molar-refractivity contribution >= 4 is 27.5 Å². The fourth-order valence-electron chi connectivity index (χ4n) is 2.74. The van der Waals surface area contributed by atoms with Gasteiger partial charge < -0.3 is 4.90 Å². The van der Waals surface area contributed by atoms with Crippen LogP contribution >= 0.6 is 21.6 Å². The second kappa shape index (κ2) is 10.2. The molecule has 1 unspecified atom stereocenters. The predicted molar refractivity (Wildman–Crippen MR) is 99.3 cm³/mol. The molecule has 0 spiro atoms. The van der Waals surface area contributed by atoms with E-state index in [0.717, 1.165) is 31.2 Å². The summed E-state index contributed by atoms with van der Waals surface area (Å²) in [4.78, 5) is 14.3. The highest BCUT2D eigenvalue weighted by molar-refractivity contribution is 8.77. The summed E-state index contributed by atoms with van der Waals surface area (Å²) in [5.41, 5.74) is 1.31. The molecule has 122 valence electrons. The van der Waals surface area contributed by atoms with Crippen LogP contribution in [0.25, 0.3) is 0 Å². The van der Waals surface area contributed by atoms with Gasteiger partial charge in [0.15, 0.2) is 0 Å². The van der Waals surface area contributed by atoms with Crippen LogP contribution in [-0.2, 0) is 11.2 Å². The molecule has 1 atom stereocenters. The maximum atomic E-state index is 12.3. The molecule has 1 saturated heterocycles. The molecule has 1 heterocycles. The van der Waals surface area contributed by atoms with Crippen LogP contribution in [-0.4, -0.2) is 34.9 Å². The fourth-order valence-corrected chi connectivity index (χ4v) is 5.77. The average Bonchev–Trinajstić information content (AvgIpc) is 3.06. The number of carbonyl (C=O) groups excluding carboxylic acids is 1. The number of rotatable bonds is 9. The Morgan fingerprint density at radius 2 is 2.09 bits per heavy atom. The van der Waals surface area contributed by atoms with Gasteiger partial charge in [-0.2, -0.15) is 0 Å². The normalized spacial score (nSPS) is 17.6. The van der Waals surface area contributed by atoms with Crippen molar-refractivity contribution in [3.05, 3.63) is 35.9 Å². The first-order valence-electron chi connectivity index (χ1n) is 8.39. The maximum Gasteiger partial charge on any atom is 0.222 e. The molecule has 1 aromatic rings. The third-order valence-corrected chi connectivity index (χ3v) is 7.15. The molecule has 4 heteroatoms. The van der Waals surface area contributed by atoms with Crippen molar-refractivity contribution in [3.8, 4) is 0 Å². The van der Waals surface area contributed by atoms with Gasteiger partial charge in [0, 0.05) is 30.5 Å². The number of amides is 1. The van der Waals surface area contributed by atoms with E-state index >= 15 is 0 Å². The minimum Gasteiger partial charge on any atom is -0.343 e. The number of likely N-dealkylation sites (N-methyl/N-ethyl adjacent to an activating group) is 1. The molecule has 1 aromatic carbocycles. The van der Waals surface area contributed by atoms with Gasteiger partial charge >= 0.3 is 0 Å². The largest absolute Gasteiger partial charge is 0.343 e. The van der Waals surface area contributed by atoms with E-state index in [1.165, 1.54) is 30.6 Å². The van der Waals surface area contributed by atoms with Gasteiger partial charge in [-0.3, -0.25) is 4.79 Å². The summed E-state index contributed by atoms with van der Waals surface area (Å²) in [6, 6.07) is 10.4. The van der Waals surface area contributed by atoms with Crippen molar-refractivity contribution in [2.75, 3.05) is 18.8 Å². The molecule has 0 saturated carbocycles. The molecule has 2 rings (SSSR count). The molecule has 22 heavy (non-hydrogen) atoms. The highest BCUT2D eigenvalue weighted by atomic mass is 33.1. The highest BCUT2D eigenvalue weighted by Crippen LogP contribution is 2.39. The Balaban J connectivity index is 1.63. The van der Waals surface area contributed by atoms with Crippen molar-refractivity contribution in [3.63, 3.8) is 0 Å².